The average Bonchev–Trinajstić information content (AvgIpc) is 2.54. The molecule has 2 aromatic rings. The Hall–Kier alpha value is -2.00. The molecule has 2 atom stereocenters. The molecular formula is C18H23NO2. The summed E-state index contributed by atoms with van der Waals surface area (Å²) >= 11 is 0. The minimum absolute atomic E-state index is 0.117. The van der Waals surface area contributed by atoms with Gasteiger partial charge in [-0.1, -0.05) is 36.4 Å². The van der Waals surface area contributed by atoms with Crippen molar-refractivity contribution in [2.24, 2.45) is 0 Å². The van der Waals surface area contributed by atoms with Crippen molar-refractivity contribution in [3.63, 3.8) is 0 Å². The summed E-state index contributed by atoms with van der Waals surface area (Å²) in [6, 6.07) is 16.6. The quantitative estimate of drug-likeness (QED) is 0.866. The van der Waals surface area contributed by atoms with E-state index in [-0.39, 0.29) is 12.1 Å². The molecule has 0 aliphatic heterocycles. The number of benzene rings is 2. The maximum atomic E-state index is 5.48. The van der Waals surface area contributed by atoms with Crippen LogP contribution in [-0.2, 0) is 0 Å². The monoisotopic (exact) mass is 285 g/mol. The highest BCUT2D eigenvalue weighted by Crippen LogP contribution is 2.34. The molecule has 112 valence electrons. The smallest absolute Gasteiger partial charge is 0.127 e. The van der Waals surface area contributed by atoms with E-state index in [0.717, 1.165) is 17.1 Å². The van der Waals surface area contributed by atoms with Crippen LogP contribution in [0.2, 0.25) is 0 Å². The number of rotatable bonds is 6. The third-order valence-corrected chi connectivity index (χ3v) is 3.70. The van der Waals surface area contributed by atoms with Crippen molar-refractivity contribution in [1.82, 2.24) is 5.32 Å². The van der Waals surface area contributed by atoms with Crippen LogP contribution in [0.25, 0.3) is 0 Å². The molecule has 0 aliphatic rings. The van der Waals surface area contributed by atoms with Gasteiger partial charge in [0.05, 0.1) is 19.8 Å². The van der Waals surface area contributed by atoms with Gasteiger partial charge >= 0.3 is 0 Å². The zero-order valence-electron chi connectivity index (χ0n) is 13.1. The van der Waals surface area contributed by atoms with Gasteiger partial charge in [0.2, 0.25) is 0 Å². The molecule has 2 unspecified atom stereocenters. The molecule has 0 aliphatic carbocycles. The fourth-order valence-corrected chi connectivity index (χ4v) is 2.60. The highest BCUT2D eigenvalue weighted by molar-refractivity contribution is 5.46. The molecule has 3 nitrogen and oxygen atoms in total. The van der Waals surface area contributed by atoms with E-state index >= 15 is 0 Å². The van der Waals surface area contributed by atoms with E-state index in [2.05, 4.69) is 43.4 Å². The third-order valence-electron chi connectivity index (χ3n) is 3.70. The van der Waals surface area contributed by atoms with Crippen LogP contribution < -0.4 is 14.8 Å². The molecule has 0 amide bonds. The van der Waals surface area contributed by atoms with Gasteiger partial charge in [0.15, 0.2) is 0 Å². The van der Waals surface area contributed by atoms with Gasteiger partial charge in [0, 0.05) is 12.1 Å². The summed E-state index contributed by atoms with van der Waals surface area (Å²) in [6.45, 7) is 4.29. The second-order valence-electron chi connectivity index (χ2n) is 5.10. The molecular weight excluding hydrogens is 262 g/mol. The first-order valence-electron chi connectivity index (χ1n) is 7.19. The lowest BCUT2D eigenvalue weighted by Crippen LogP contribution is -2.23. The second-order valence-corrected chi connectivity index (χ2v) is 5.10. The zero-order valence-corrected chi connectivity index (χ0v) is 13.1. The van der Waals surface area contributed by atoms with Crippen molar-refractivity contribution >= 4 is 0 Å². The highest BCUT2D eigenvalue weighted by Gasteiger charge is 2.18. The van der Waals surface area contributed by atoms with Crippen LogP contribution >= 0.6 is 0 Å². The minimum Gasteiger partial charge on any atom is -0.496 e. The number of methoxy groups -OCH3 is 2. The van der Waals surface area contributed by atoms with Crippen molar-refractivity contribution in [1.29, 1.82) is 0 Å². The van der Waals surface area contributed by atoms with Gasteiger partial charge in [-0.2, -0.15) is 0 Å². The third kappa shape index (κ3) is 3.56. The van der Waals surface area contributed by atoms with Gasteiger partial charge in [-0.25, -0.2) is 0 Å². The summed E-state index contributed by atoms with van der Waals surface area (Å²) in [5.41, 5.74) is 2.31. The Morgan fingerprint density at radius 2 is 1.33 bits per heavy atom. The fraction of sp³-hybridized carbons (Fsp3) is 0.333. The first-order chi connectivity index (χ1) is 10.2. The van der Waals surface area contributed by atoms with E-state index in [9.17, 15) is 0 Å². The summed E-state index contributed by atoms with van der Waals surface area (Å²) in [5.74, 6) is 1.68. The lowest BCUT2D eigenvalue weighted by molar-refractivity contribution is 0.368. The van der Waals surface area contributed by atoms with Crippen molar-refractivity contribution in [3.8, 4) is 11.5 Å². The molecule has 2 aromatic carbocycles. The molecule has 0 saturated carbocycles. The fourth-order valence-electron chi connectivity index (χ4n) is 2.60. The van der Waals surface area contributed by atoms with Gasteiger partial charge in [-0.3, -0.25) is 0 Å². The summed E-state index contributed by atoms with van der Waals surface area (Å²) < 4.78 is 11.0. The first-order valence-corrected chi connectivity index (χ1v) is 7.19. The number of nitrogens with one attached hydrogen (secondary N) is 1. The predicted octanol–water partition coefficient (Wildman–Crippen LogP) is 4.12. The predicted molar refractivity (Wildman–Crippen MR) is 86.0 cm³/mol. The molecule has 21 heavy (non-hydrogen) atoms. The molecule has 3 heteroatoms. The topological polar surface area (TPSA) is 30.5 Å². The van der Waals surface area contributed by atoms with E-state index in [0.29, 0.717) is 0 Å². The van der Waals surface area contributed by atoms with Crippen LogP contribution in [-0.4, -0.2) is 14.2 Å². The number of hydrogen-bond acceptors (Lipinski definition) is 3. The van der Waals surface area contributed by atoms with Crippen LogP contribution in [0.1, 0.15) is 37.1 Å². The normalized spacial score (nSPS) is 13.5. The summed E-state index contributed by atoms with van der Waals surface area (Å²) in [4.78, 5) is 0. The zero-order chi connectivity index (χ0) is 15.2. The highest BCUT2D eigenvalue weighted by atomic mass is 16.5. The molecule has 0 spiro atoms. The van der Waals surface area contributed by atoms with Gasteiger partial charge in [-0.05, 0) is 31.5 Å². The molecule has 0 saturated heterocycles. The van der Waals surface area contributed by atoms with Gasteiger partial charge in [-0.15, -0.1) is 0 Å². The second kappa shape index (κ2) is 7.14. The van der Waals surface area contributed by atoms with Crippen molar-refractivity contribution < 1.29 is 9.47 Å². The van der Waals surface area contributed by atoms with Crippen LogP contribution in [0.15, 0.2) is 48.5 Å². The van der Waals surface area contributed by atoms with E-state index in [4.69, 9.17) is 9.47 Å². The minimum atomic E-state index is 0.117. The molecule has 0 fully saturated rings. The van der Waals surface area contributed by atoms with Crippen LogP contribution in [0.3, 0.4) is 0 Å². The van der Waals surface area contributed by atoms with Gasteiger partial charge < -0.3 is 14.8 Å². The Balaban J connectivity index is 2.22. The Labute approximate surface area is 126 Å². The van der Waals surface area contributed by atoms with Crippen molar-refractivity contribution in [2.45, 2.75) is 25.9 Å². The van der Waals surface area contributed by atoms with Crippen LogP contribution in [0.5, 0.6) is 11.5 Å². The van der Waals surface area contributed by atoms with Crippen molar-refractivity contribution in [2.75, 3.05) is 14.2 Å². The summed E-state index contributed by atoms with van der Waals surface area (Å²) in [6.07, 6.45) is 0. The Bertz CT molecular complexity index is 546. The summed E-state index contributed by atoms with van der Waals surface area (Å²) in [5, 5.41) is 3.60. The molecule has 1 N–H and O–H groups in total. The number of hydrogen-bond donors (Lipinski definition) is 1. The largest absolute Gasteiger partial charge is 0.496 e. The molecule has 0 heterocycles. The maximum absolute atomic E-state index is 5.48. The Kier molecular flexibility index (Phi) is 5.23. The van der Waals surface area contributed by atoms with Gasteiger partial charge in [0.25, 0.3) is 0 Å². The van der Waals surface area contributed by atoms with E-state index in [1.807, 2.05) is 24.3 Å². The number of ether oxygens (including phenoxy) is 2. The van der Waals surface area contributed by atoms with Crippen LogP contribution in [0, 0.1) is 0 Å². The lowest BCUT2D eigenvalue weighted by Gasteiger charge is -2.24. The Morgan fingerprint density at radius 1 is 0.762 bits per heavy atom. The average molecular weight is 285 g/mol. The van der Waals surface area contributed by atoms with E-state index in [1.54, 1.807) is 14.2 Å². The Morgan fingerprint density at radius 3 is 1.86 bits per heavy atom. The molecule has 2 rings (SSSR count). The van der Waals surface area contributed by atoms with E-state index in [1.165, 1.54) is 5.56 Å². The molecule has 0 bridgehead atoms. The lowest BCUT2D eigenvalue weighted by atomic mass is 10.0. The SMILES string of the molecule is COc1cccc(OC)c1C(C)NC(C)c1ccccc1. The van der Waals surface area contributed by atoms with E-state index < -0.39 is 0 Å². The summed E-state index contributed by atoms with van der Waals surface area (Å²) in [7, 11) is 3.37. The van der Waals surface area contributed by atoms with Crippen LogP contribution in [0.4, 0.5) is 0 Å². The first kappa shape index (κ1) is 15.4. The van der Waals surface area contributed by atoms with Gasteiger partial charge in [0.1, 0.15) is 11.5 Å². The maximum Gasteiger partial charge on any atom is 0.127 e. The molecule has 0 radical (unpaired) electrons. The standard InChI is InChI=1S/C18H23NO2/c1-13(15-9-6-5-7-10-15)19-14(2)18-16(20-3)11-8-12-17(18)21-4/h5-14,19H,1-4H3. The van der Waals surface area contributed by atoms with Crippen molar-refractivity contribution in [3.05, 3.63) is 59.7 Å². The molecule has 0 aromatic heterocycles.